The van der Waals surface area contributed by atoms with Gasteiger partial charge < -0.3 is 9.47 Å². The van der Waals surface area contributed by atoms with Crippen LogP contribution in [0.2, 0.25) is 0 Å². The van der Waals surface area contributed by atoms with Gasteiger partial charge in [0.15, 0.2) is 6.10 Å². The van der Waals surface area contributed by atoms with Gasteiger partial charge in [-0.25, -0.2) is 4.79 Å². The van der Waals surface area contributed by atoms with Crippen molar-refractivity contribution >= 4 is 22.8 Å². The first-order chi connectivity index (χ1) is 13.0. The van der Waals surface area contributed by atoms with Crippen molar-refractivity contribution in [2.75, 3.05) is 7.11 Å². The minimum absolute atomic E-state index is 0.218. The number of esters is 1. The summed E-state index contributed by atoms with van der Waals surface area (Å²) < 4.78 is 12.4. The molecule has 5 heteroatoms. The highest BCUT2D eigenvalue weighted by Gasteiger charge is 2.25. The predicted octanol–water partition coefficient (Wildman–Crippen LogP) is 4.54. The second kappa shape index (κ2) is 7.66. The third-order valence-corrected chi connectivity index (χ3v) is 4.83. The van der Waals surface area contributed by atoms with Gasteiger partial charge in [-0.2, -0.15) is 0 Å². The summed E-state index contributed by atoms with van der Waals surface area (Å²) in [5.74, 6) is 0.00542. The maximum Gasteiger partial charge on any atom is 0.340 e. The number of methoxy groups -OCH3 is 1. The van der Waals surface area contributed by atoms with E-state index < -0.39 is 12.1 Å². The highest BCUT2D eigenvalue weighted by atomic mass is 16.5. The van der Waals surface area contributed by atoms with E-state index in [4.69, 9.17) is 9.47 Å². The standard InChI is InChI=1S/C22H23NO4/c1-5-19(27-20-12-8-9-14(2)15(20)3)21(24)23-13-17(22(25)26-4)16-10-6-7-11-18(16)23/h6-13,19H,5H2,1-4H3/t19-/m0/s1. The number of nitrogens with zero attached hydrogens (tertiary/aromatic N) is 1. The number of hydrogen-bond acceptors (Lipinski definition) is 4. The Morgan fingerprint density at radius 1 is 1.07 bits per heavy atom. The topological polar surface area (TPSA) is 57.5 Å². The van der Waals surface area contributed by atoms with Gasteiger partial charge in [0.05, 0.1) is 18.2 Å². The molecule has 5 nitrogen and oxygen atoms in total. The van der Waals surface area contributed by atoms with Crippen LogP contribution in [0.1, 0.15) is 39.6 Å². The molecule has 0 saturated heterocycles. The molecule has 0 bridgehead atoms. The number of fused-ring (bicyclic) bond motifs is 1. The third-order valence-electron chi connectivity index (χ3n) is 4.83. The molecule has 0 aliphatic heterocycles. The maximum atomic E-state index is 13.2. The van der Waals surface area contributed by atoms with Gasteiger partial charge in [-0.15, -0.1) is 0 Å². The number of rotatable bonds is 5. The van der Waals surface area contributed by atoms with Crippen molar-refractivity contribution < 1.29 is 19.1 Å². The highest BCUT2D eigenvalue weighted by molar-refractivity contribution is 6.07. The Bertz CT molecular complexity index is 1000. The molecule has 0 aliphatic rings. The van der Waals surface area contributed by atoms with Gasteiger partial charge in [0.25, 0.3) is 5.91 Å². The van der Waals surface area contributed by atoms with E-state index in [1.165, 1.54) is 17.9 Å². The Labute approximate surface area is 158 Å². The Hall–Kier alpha value is -3.08. The molecule has 3 rings (SSSR count). The van der Waals surface area contributed by atoms with Crippen LogP contribution in [-0.4, -0.2) is 29.7 Å². The maximum absolute atomic E-state index is 13.2. The van der Waals surface area contributed by atoms with Crippen LogP contribution in [0.4, 0.5) is 0 Å². The number of carbonyl (C=O) groups is 2. The van der Waals surface area contributed by atoms with Gasteiger partial charge in [-0.3, -0.25) is 9.36 Å². The summed E-state index contributed by atoms with van der Waals surface area (Å²) in [6, 6.07) is 13.1. The molecule has 0 amide bonds. The lowest BCUT2D eigenvalue weighted by Gasteiger charge is -2.19. The van der Waals surface area contributed by atoms with Crippen molar-refractivity contribution in [1.82, 2.24) is 4.57 Å². The van der Waals surface area contributed by atoms with Crippen LogP contribution in [0.5, 0.6) is 5.75 Å². The molecule has 140 valence electrons. The van der Waals surface area contributed by atoms with E-state index >= 15 is 0 Å². The molecular formula is C22H23NO4. The van der Waals surface area contributed by atoms with E-state index in [-0.39, 0.29) is 5.91 Å². The summed E-state index contributed by atoms with van der Waals surface area (Å²) >= 11 is 0. The van der Waals surface area contributed by atoms with Crippen LogP contribution in [0.25, 0.3) is 10.9 Å². The molecule has 2 aromatic carbocycles. The first kappa shape index (κ1) is 18.7. The summed E-state index contributed by atoms with van der Waals surface area (Å²) in [5.41, 5.74) is 3.14. The first-order valence-corrected chi connectivity index (χ1v) is 8.93. The molecule has 1 aromatic heterocycles. The van der Waals surface area contributed by atoms with Crippen LogP contribution in [0, 0.1) is 13.8 Å². The van der Waals surface area contributed by atoms with E-state index in [2.05, 4.69) is 0 Å². The molecule has 0 spiro atoms. The van der Waals surface area contributed by atoms with Crippen LogP contribution in [0.15, 0.2) is 48.7 Å². The second-order valence-corrected chi connectivity index (χ2v) is 6.47. The minimum atomic E-state index is -0.660. The van der Waals surface area contributed by atoms with E-state index in [9.17, 15) is 9.59 Å². The van der Waals surface area contributed by atoms with E-state index in [1.54, 1.807) is 6.07 Å². The molecule has 0 saturated carbocycles. The summed E-state index contributed by atoms with van der Waals surface area (Å²) in [5, 5.41) is 0.680. The zero-order chi connectivity index (χ0) is 19.6. The zero-order valence-corrected chi connectivity index (χ0v) is 16.0. The van der Waals surface area contributed by atoms with Gasteiger partial charge in [-0.05, 0) is 43.5 Å². The Morgan fingerprint density at radius 3 is 2.52 bits per heavy atom. The van der Waals surface area contributed by atoms with Crippen molar-refractivity contribution in [3.05, 3.63) is 65.4 Å². The largest absolute Gasteiger partial charge is 0.480 e. The molecule has 27 heavy (non-hydrogen) atoms. The number of benzene rings is 2. The SMILES string of the molecule is CC[C@H](Oc1cccc(C)c1C)C(=O)n1cc(C(=O)OC)c2ccccc21. The molecule has 3 aromatic rings. The van der Waals surface area contributed by atoms with Gasteiger partial charge in [0.2, 0.25) is 0 Å². The zero-order valence-electron chi connectivity index (χ0n) is 16.0. The summed E-state index contributed by atoms with van der Waals surface area (Å²) in [7, 11) is 1.33. The first-order valence-electron chi connectivity index (χ1n) is 8.93. The fraction of sp³-hybridized carbons (Fsp3) is 0.273. The minimum Gasteiger partial charge on any atom is -0.480 e. The van der Waals surface area contributed by atoms with E-state index in [0.717, 1.165) is 11.1 Å². The smallest absolute Gasteiger partial charge is 0.340 e. The average Bonchev–Trinajstić information content (AvgIpc) is 3.08. The predicted molar refractivity (Wildman–Crippen MR) is 105 cm³/mol. The normalized spacial score (nSPS) is 12.0. The average molecular weight is 365 g/mol. The van der Waals surface area contributed by atoms with Gasteiger partial charge in [0.1, 0.15) is 5.75 Å². The van der Waals surface area contributed by atoms with Crippen molar-refractivity contribution in [3.63, 3.8) is 0 Å². The Morgan fingerprint density at radius 2 is 1.81 bits per heavy atom. The lowest BCUT2D eigenvalue weighted by molar-refractivity contribution is 0.0602. The van der Waals surface area contributed by atoms with Crippen LogP contribution < -0.4 is 4.74 Å². The third kappa shape index (κ3) is 3.45. The van der Waals surface area contributed by atoms with Crippen molar-refractivity contribution in [2.24, 2.45) is 0 Å². The van der Waals surface area contributed by atoms with Crippen LogP contribution >= 0.6 is 0 Å². The fourth-order valence-corrected chi connectivity index (χ4v) is 3.10. The Balaban J connectivity index is 2.01. The second-order valence-electron chi connectivity index (χ2n) is 6.47. The van der Waals surface area contributed by atoms with Crippen LogP contribution in [-0.2, 0) is 4.74 Å². The number of para-hydroxylation sites is 1. The van der Waals surface area contributed by atoms with E-state index in [1.807, 2.05) is 57.2 Å². The van der Waals surface area contributed by atoms with Crippen molar-refractivity contribution in [1.29, 1.82) is 0 Å². The molecule has 1 atom stereocenters. The molecule has 0 N–H and O–H groups in total. The van der Waals surface area contributed by atoms with Gasteiger partial charge >= 0.3 is 5.97 Å². The van der Waals surface area contributed by atoms with Gasteiger partial charge in [-0.1, -0.05) is 37.3 Å². The highest BCUT2D eigenvalue weighted by Crippen LogP contribution is 2.26. The molecule has 1 heterocycles. The molecular weight excluding hydrogens is 342 g/mol. The fourth-order valence-electron chi connectivity index (χ4n) is 3.10. The molecule has 0 unspecified atom stereocenters. The lowest BCUT2D eigenvalue weighted by Crippen LogP contribution is -2.31. The van der Waals surface area contributed by atoms with Crippen molar-refractivity contribution in [3.8, 4) is 5.75 Å². The van der Waals surface area contributed by atoms with E-state index in [0.29, 0.717) is 28.6 Å². The summed E-state index contributed by atoms with van der Waals surface area (Å²) in [4.78, 5) is 25.3. The number of carbonyl (C=O) groups excluding carboxylic acids is 2. The molecule has 0 fully saturated rings. The Kier molecular flexibility index (Phi) is 5.31. The number of aryl methyl sites for hydroxylation is 1. The van der Waals surface area contributed by atoms with Crippen molar-refractivity contribution in [2.45, 2.75) is 33.3 Å². The summed E-state index contributed by atoms with van der Waals surface area (Å²) in [6.07, 6.45) is 1.38. The molecule has 0 aliphatic carbocycles. The lowest BCUT2D eigenvalue weighted by atomic mass is 10.1. The number of aromatic nitrogens is 1. The van der Waals surface area contributed by atoms with Crippen LogP contribution in [0.3, 0.4) is 0 Å². The van der Waals surface area contributed by atoms with Gasteiger partial charge in [0, 0.05) is 11.6 Å². The number of ether oxygens (including phenoxy) is 2. The summed E-state index contributed by atoms with van der Waals surface area (Å²) in [6.45, 7) is 5.88. The monoisotopic (exact) mass is 365 g/mol. The quantitative estimate of drug-likeness (QED) is 0.623. The number of hydrogen-bond donors (Lipinski definition) is 0. The molecule has 0 radical (unpaired) electrons.